The fourth-order valence-corrected chi connectivity index (χ4v) is 2.36. The minimum absolute atomic E-state index is 0.0165. The Morgan fingerprint density at radius 2 is 2.11 bits per heavy atom. The summed E-state index contributed by atoms with van der Waals surface area (Å²) in [5.74, 6) is -1.17. The minimum atomic E-state index is -0.555. The van der Waals surface area contributed by atoms with Gasteiger partial charge in [0.05, 0.1) is 5.56 Å². The third-order valence-electron chi connectivity index (χ3n) is 3.25. The molecule has 0 aromatic heterocycles. The van der Waals surface area contributed by atoms with Crippen molar-refractivity contribution in [2.45, 2.75) is 19.9 Å². The lowest BCUT2D eigenvalue weighted by atomic mass is 9.98. The number of rotatable bonds is 2. The fourth-order valence-electron chi connectivity index (χ4n) is 2.36. The number of hydrogen-bond acceptors (Lipinski definition) is 2. The first-order valence-electron chi connectivity index (χ1n) is 6.35. The molecule has 1 aromatic carbocycles. The lowest BCUT2D eigenvalue weighted by Crippen LogP contribution is -2.59. The molecule has 1 aliphatic rings. The van der Waals surface area contributed by atoms with Crippen molar-refractivity contribution in [2.24, 2.45) is 5.92 Å². The van der Waals surface area contributed by atoms with E-state index in [4.69, 9.17) is 0 Å². The summed E-state index contributed by atoms with van der Waals surface area (Å²) in [4.78, 5) is 25.7. The molecular weight excluding hydrogens is 247 g/mol. The lowest BCUT2D eigenvalue weighted by Gasteiger charge is -2.37. The van der Waals surface area contributed by atoms with E-state index in [1.807, 2.05) is 13.8 Å². The number of halogens is 1. The number of amides is 2. The molecule has 5 heteroatoms. The van der Waals surface area contributed by atoms with Gasteiger partial charge in [-0.3, -0.25) is 9.59 Å². The number of nitrogens with one attached hydrogen (secondary N) is 1. The Morgan fingerprint density at radius 3 is 2.74 bits per heavy atom. The molecule has 1 heterocycles. The summed E-state index contributed by atoms with van der Waals surface area (Å²) >= 11 is 0. The van der Waals surface area contributed by atoms with Crippen molar-refractivity contribution in [3.05, 3.63) is 35.6 Å². The third kappa shape index (κ3) is 2.59. The van der Waals surface area contributed by atoms with Crippen LogP contribution in [0, 0.1) is 11.7 Å². The molecule has 2 amide bonds. The molecule has 1 saturated heterocycles. The molecule has 1 unspecified atom stereocenters. The summed E-state index contributed by atoms with van der Waals surface area (Å²) in [5.41, 5.74) is 0.0165. The normalized spacial score (nSPS) is 19.5. The molecule has 0 radical (unpaired) electrons. The summed E-state index contributed by atoms with van der Waals surface area (Å²) in [6.45, 7) is 4.55. The summed E-state index contributed by atoms with van der Waals surface area (Å²) in [6, 6.07) is 5.31. The van der Waals surface area contributed by atoms with Crippen molar-refractivity contribution >= 4 is 11.8 Å². The largest absolute Gasteiger partial charge is 0.353 e. The van der Waals surface area contributed by atoms with Crippen LogP contribution in [0.4, 0.5) is 4.39 Å². The van der Waals surface area contributed by atoms with Crippen molar-refractivity contribution in [1.29, 1.82) is 0 Å². The SMILES string of the molecule is CC(C)C1C(=O)NCCN1C(=O)c1ccccc1F. The summed E-state index contributed by atoms with van der Waals surface area (Å²) < 4.78 is 13.7. The van der Waals surface area contributed by atoms with Gasteiger partial charge in [0.2, 0.25) is 5.91 Å². The molecule has 4 nitrogen and oxygen atoms in total. The first-order valence-corrected chi connectivity index (χ1v) is 6.35. The van der Waals surface area contributed by atoms with Crippen LogP contribution in [0.25, 0.3) is 0 Å². The number of benzene rings is 1. The molecule has 0 bridgehead atoms. The third-order valence-corrected chi connectivity index (χ3v) is 3.25. The minimum Gasteiger partial charge on any atom is -0.353 e. The van der Waals surface area contributed by atoms with E-state index in [0.29, 0.717) is 13.1 Å². The second-order valence-electron chi connectivity index (χ2n) is 4.96. The van der Waals surface area contributed by atoms with E-state index in [2.05, 4.69) is 5.32 Å². The Kier molecular flexibility index (Phi) is 3.83. The molecule has 1 fully saturated rings. The molecular formula is C14H17FN2O2. The van der Waals surface area contributed by atoms with Crippen molar-refractivity contribution in [2.75, 3.05) is 13.1 Å². The number of piperazine rings is 1. The van der Waals surface area contributed by atoms with Gasteiger partial charge in [-0.25, -0.2) is 4.39 Å². The predicted octanol–water partition coefficient (Wildman–Crippen LogP) is 1.42. The Balaban J connectivity index is 2.31. The zero-order valence-corrected chi connectivity index (χ0v) is 11.0. The second kappa shape index (κ2) is 5.38. The molecule has 1 aromatic rings. The lowest BCUT2D eigenvalue weighted by molar-refractivity contribution is -0.129. The summed E-state index contributed by atoms with van der Waals surface area (Å²) in [7, 11) is 0. The van der Waals surface area contributed by atoms with Crippen LogP contribution in [0.5, 0.6) is 0 Å². The molecule has 1 atom stereocenters. The van der Waals surface area contributed by atoms with Crippen LogP contribution in [0.15, 0.2) is 24.3 Å². The Labute approximate surface area is 111 Å². The molecule has 0 saturated carbocycles. The monoisotopic (exact) mass is 264 g/mol. The number of carbonyl (C=O) groups is 2. The van der Waals surface area contributed by atoms with Gasteiger partial charge in [-0.1, -0.05) is 26.0 Å². The van der Waals surface area contributed by atoms with Crippen LogP contribution >= 0.6 is 0 Å². The molecule has 102 valence electrons. The van der Waals surface area contributed by atoms with E-state index < -0.39 is 17.8 Å². The topological polar surface area (TPSA) is 49.4 Å². The average molecular weight is 264 g/mol. The fraction of sp³-hybridized carbons (Fsp3) is 0.429. The van der Waals surface area contributed by atoms with Crippen LogP contribution in [0.3, 0.4) is 0 Å². The van der Waals surface area contributed by atoms with E-state index in [-0.39, 0.29) is 17.4 Å². The maximum atomic E-state index is 13.7. The van der Waals surface area contributed by atoms with E-state index in [0.717, 1.165) is 0 Å². The highest BCUT2D eigenvalue weighted by molar-refractivity contribution is 5.98. The number of hydrogen-bond donors (Lipinski definition) is 1. The van der Waals surface area contributed by atoms with Crippen molar-refractivity contribution in [1.82, 2.24) is 10.2 Å². The Morgan fingerprint density at radius 1 is 1.42 bits per heavy atom. The van der Waals surface area contributed by atoms with Gasteiger partial charge in [0.15, 0.2) is 0 Å². The van der Waals surface area contributed by atoms with Gasteiger partial charge in [-0.2, -0.15) is 0 Å². The van der Waals surface area contributed by atoms with Crippen LogP contribution in [0.1, 0.15) is 24.2 Å². The Bertz CT molecular complexity index is 502. The van der Waals surface area contributed by atoms with Crippen LogP contribution < -0.4 is 5.32 Å². The zero-order chi connectivity index (χ0) is 14.0. The average Bonchev–Trinajstić information content (AvgIpc) is 2.37. The van der Waals surface area contributed by atoms with E-state index in [1.165, 1.54) is 23.1 Å². The smallest absolute Gasteiger partial charge is 0.257 e. The van der Waals surface area contributed by atoms with Gasteiger partial charge in [-0.05, 0) is 18.1 Å². The van der Waals surface area contributed by atoms with Gasteiger partial charge in [0.25, 0.3) is 5.91 Å². The number of nitrogens with zero attached hydrogens (tertiary/aromatic N) is 1. The van der Waals surface area contributed by atoms with Crippen LogP contribution in [0.2, 0.25) is 0 Å². The first kappa shape index (κ1) is 13.5. The first-order chi connectivity index (χ1) is 9.02. The molecule has 1 aliphatic heterocycles. The van der Waals surface area contributed by atoms with E-state index >= 15 is 0 Å². The highest BCUT2D eigenvalue weighted by atomic mass is 19.1. The van der Waals surface area contributed by atoms with Gasteiger partial charge < -0.3 is 10.2 Å². The highest BCUT2D eigenvalue weighted by Gasteiger charge is 2.36. The quantitative estimate of drug-likeness (QED) is 0.878. The van der Waals surface area contributed by atoms with E-state index in [1.54, 1.807) is 6.07 Å². The maximum absolute atomic E-state index is 13.7. The summed E-state index contributed by atoms with van der Waals surface area (Å²) in [5, 5.41) is 2.74. The van der Waals surface area contributed by atoms with Gasteiger partial charge in [0, 0.05) is 13.1 Å². The predicted molar refractivity (Wildman–Crippen MR) is 69.1 cm³/mol. The van der Waals surface area contributed by atoms with Crippen molar-refractivity contribution < 1.29 is 14.0 Å². The maximum Gasteiger partial charge on any atom is 0.257 e. The van der Waals surface area contributed by atoms with Gasteiger partial charge in [0.1, 0.15) is 11.9 Å². The Hall–Kier alpha value is -1.91. The van der Waals surface area contributed by atoms with Gasteiger partial charge in [-0.15, -0.1) is 0 Å². The van der Waals surface area contributed by atoms with Gasteiger partial charge >= 0.3 is 0 Å². The molecule has 0 aliphatic carbocycles. The van der Waals surface area contributed by atoms with Crippen LogP contribution in [-0.2, 0) is 4.79 Å². The van der Waals surface area contributed by atoms with Crippen molar-refractivity contribution in [3.63, 3.8) is 0 Å². The standard InChI is InChI=1S/C14H17FN2O2/c1-9(2)12-13(18)16-7-8-17(12)14(19)10-5-3-4-6-11(10)15/h3-6,9,12H,7-8H2,1-2H3,(H,16,18). The van der Waals surface area contributed by atoms with Crippen LogP contribution in [-0.4, -0.2) is 35.8 Å². The molecule has 0 spiro atoms. The molecule has 1 N–H and O–H groups in total. The zero-order valence-electron chi connectivity index (χ0n) is 11.0. The molecule has 2 rings (SSSR count). The molecule has 19 heavy (non-hydrogen) atoms. The number of carbonyl (C=O) groups excluding carboxylic acids is 2. The summed E-state index contributed by atoms with van der Waals surface area (Å²) in [6.07, 6.45) is 0. The highest BCUT2D eigenvalue weighted by Crippen LogP contribution is 2.18. The second-order valence-corrected chi connectivity index (χ2v) is 4.96. The van der Waals surface area contributed by atoms with E-state index in [9.17, 15) is 14.0 Å². The van der Waals surface area contributed by atoms with Crippen molar-refractivity contribution in [3.8, 4) is 0 Å².